The maximum absolute atomic E-state index is 4.54. The summed E-state index contributed by atoms with van der Waals surface area (Å²) in [4.78, 5) is 5.25. The highest BCUT2D eigenvalue weighted by molar-refractivity contribution is 5.89. The van der Waals surface area contributed by atoms with Crippen LogP contribution in [0.15, 0.2) is 199 Å². The van der Waals surface area contributed by atoms with E-state index >= 15 is 0 Å². The number of aryl methyl sites for hydroxylation is 1. The van der Waals surface area contributed by atoms with Crippen molar-refractivity contribution in [2.45, 2.75) is 137 Å². The van der Waals surface area contributed by atoms with Gasteiger partial charge in [0.1, 0.15) is 0 Å². The minimum Gasteiger partial charge on any atom is -0.311 e. The quantitative estimate of drug-likeness (QED) is 0.126. The molecule has 1 atom stereocenters. The molecule has 0 bridgehead atoms. The first kappa shape index (κ1) is 50.0. The Morgan fingerprint density at radius 2 is 1.40 bits per heavy atom. The molecule has 0 N–H and O–H groups in total. The van der Waals surface area contributed by atoms with Crippen molar-refractivity contribution in [1.29, 1.82) is 0 Å². The molecular weight excluding hydrogens is 905 g/mol. The number of hydrogen-bond donors (Lipinski definition) is 0. The van der Waals surface area contributed by atoms with Gasteiger partial charge in [0.25, 0.3) is 0 Å². The monoisotopic (exact) mass is 981 g/mol. The lowest BCUT2D eigenvalue weighted by Gasteiger charge is -2.34. The summed E-state index contributed by atoms with van der Waals surface area (Å²) in [5, 5.41) is 0. The molecule has 5 aliphatic carbocycles. The van der Waals surface area contributed by atoms with Crippen LogP contribution in [-0.4, -0.2) is 0 Å². The van der Waals surface area contributed by atoms with Crippen LogP contribution in [0, 0.1) is 6.92 Å². The van der Waals surface area contributed by atoms with Crippen molar-refractivity contribution < 1.29 is 0 Å². The first-order valence-corrected chi connectivity index (χ1v) is 28.0. The molecule has 2 heteroatoms. The summed E-state index contributed by atoms with van der Waals surface area (Å²) in [6, 6.07) is 42.1. The second-order valence-electron chi connectivity index (χ2n) is 23.8. The van der Waals surface area contributed by atoms with Gasteiger partial charge in [0.2, 0.25) is 0 Å². The standard InChI is InChI=1S/C73H76N2/c1-11-14-15-30-53(13-3)74(70-40-24-36-57-56-35-23-38-67(73(8,9)10)63(56)47-65(57)70)71-45-51-29-22-39-69(64-43-50-27-16-17-32-55(50)62(64)46-60(51)58-33-18-19-34-59(58)71)75(54-31-20-26-48(4)41-54)68(25-12-2)52-42-49-28-21-37-66(61(49)44-52)72(5,6)7/h12-18,20-28,30-33,35-41,45,62H,3,11,19,29,34,42-44,46-47H2,1-2,4-10H3/b15-14-,25-12-,39-22+,53-30+,68-52-,69-64+. The van der Waals surface area contributed by atoms with E-state index < -0.39 is 0 Å². The van der Waals surface area contributed by atoms with Crippen molar-refractivity contribution in [3.63, 3.8) is 0 Å². The molecule has 0 heterocycles. The van der Waals surface area contributed by atoms with Gasteiger partial charge in [-0.3, -0.25) is 0 Å². The minimum atomic E-state index is 0.0346. The zero-order valence-corrected chi connectivity index (χ0v) is 46.2. The van der Waals surface area contributed by atoms with Crippen LogP contribution in [0.4, 0.5) is 17.1 Å². The number of allylic oxidation sites excluding steroid dienone is 11. The molecule has 6 aromatic carbocycles. The van der Waals surface area contributed by atoms with E-state index in [2.05, 4.69) is 249 Å². The molecule has 0 saturated carbocycles. The van der Waals surface area contributed by atoms with Crippen molar-refractivity contribution in [2.75, 3.05) is 9.80 Å². The lowest BCUT2D eigenvalue weighted by Crippen LogP contribution is -2.25. The van der Waals surface area contributed by atoms with Crippen LogP contribution in [0.2, 0.25) is 0 Å². The van der Waals surface area contributed by atoms with Crippen molar-refractivity contribution in [3.8, 4) is 11.1 Å². The molecular formula is C73H76N2. The molecule has 0 spiro atoms. The van der Waals surface area contributed by atoms with Gasteiger partial charge in [-0.1, -0.05) is 176 Å². The first-order chi connectivity index (χ1) is 36.3. The maximum Gasteiger partial charge on any atom is 0.0503 e. The summed E-state index contributed by atoms with van der Waals surface area (Å²) in [6.45, 7) is 25.3. The zero-order valence-electron chi connectivity index (χ0n) is 46.2. The molecule has 0 fully saturated rings. The number of anilines is 3. The van der Waals surface area contributed by atoms with Gasteiger partial charge in [0.05, 0.1) is 11.4 Å². The van der Waals surface area contributed by atoms with Crippen LogP contribution in [0.3, 0.4) is 0 Å². The van der Waals surface area contributed by atoms with Gasteiger partial charge in [-0.2, -0.15) is 0 Å². The predicted molar refractivity (Wildman–Crippen MR) is 322 cm³/mol. The van der Waals surface area contributed by atoms with Crippen molar-refractivity contribution in [3.05, 3.63) is 271 Å². The van der Waals surface area contributed by atoms with Crippen molar-refractivity contribution in [2.24, 2.45) is 0 Å². The highest BCUT2D eigenvalue weighted by atomic mass is 15.2. The fourth-order valence-corrected chi connectivity index (χ4v) is 13.4. The summed E-state index contributed by atoms with van der Waals surface area (Å²) >= 11 is 0. The zero-order chi connectivity index (χ0) is 52.2. The number of rotatable bonds is 10. The van der Waals surface area contributed by atoms with Gasteiger partial charge in [-0.05, 0) is 219 Å². The average Bonchev–Trinajstić information content (AvgIpc) is 4.15. The molecule has 2 nitrogen and oxygen atoms in total. The molecule has 378 valence electrons. The Morgan fingerprint density at radius 1 is 0.667 bits per heavy atom. The lowest BCUT2D eigenvalue weighted by molar-refractivity contribution is 0.584. The predicted octanol–water partition coefficient (Wildman–Crippen LogP) is 18.7. The van der Waals surface area contributed by atoms with Crippen molar-refractivity contribution in [1.82, 2.24) is 0 Å². The number of benzene rings is 6. The Hall–Kier alpha value is -7.16. The van der Waals surface area contributed by atoms with Crippen LogP contribution in [0.1, 0.15) is 146 Å². The highest BCUT2D eigenvalue weighted by Gasteiger charge is 2.37. The summed E-state index contributed by atoms with van der Waals surface area (Å²) < 4.78 is 0. The molecule has 5 aliphatic rings. The van der Waals surface area contributed by atoms with Gasteiger partial charge >= 0.3 is 0 Å². The lowest BCUT2D eigenvalue weighted by atomic mass is 9.81. The van der Waals surface area contributed by atoms with Crippen LogP contribution in [-0.2, 0) is 55.8 Å². The molecule has 0 saturated heterocycles. The van der Waals surface area contributed by atoms with Gasteiger partial charge in [0, 0.05) is 35.1 Å². The van der Waals surface area contributed by atoms with Gasteiger partial charge in [0.15, 0.2) is 0 Å². The van der Waals surface area contributed by atoms with E-state index in [1.165, 1.54) is 123 Å². The third kappa shape index (κ3) is 9.19. The molecule has 0 amide bonds. The third-order valence-corrected chi connectivity index (χ3v) is 16.8. The Morgan fingerprint density at radius 3 is 2.16 bits per heavy atom. The highest BCUT2D eigenvalue weighted by Crippen LogP contribution is 2.51. The SMILES string of the molecule is C=C/C(=C\C=C/CC)N(c1cccc2c1Cc1c-2cccc1C(C)(C)C)c1cc2c(c3c1CCC=C3)CC1/C(=C(N(C(/C=C\C)=C3/Cc4cccc(C(C)(C)C)c4C3)c3cccc(C)c3)\C=C\C2)Cc2ccccc21. The molecule has 0 aliphatic heterocycles. The molecule has 6 aromatic rings. The molecule has 0 aromatic heterocycles. The van der Waals surface area contributed by atoms with Crippen molar-refractivity contribution >= 4 is 23.1 Å². The van der Waals surface area contributed by atoms with E-state index in [4.69, 9.17) is 0 Å². The first-order valence-electron chi connectivity index (χ1n) is 28.0. The van der Waals surface area contributed by atoms with Crippen LogP contribution >= 0.6 is 0 Å². The molecule has 11 rings (SSSR count). The van der Waals surface area contributed by atoms with E-state index in [9.17, 15) is 0 Å². The molecule has 1 unspecified atom stereocenters. The average molecular weight is 981 g/mol. The van der Waals surface area contributed by atoms with E-state index in [0.29, 0.717) is 0 Å². The van der Waals surface area contributed by atoms with Gasteiger partial charge < -0.3 is 9.80 Å². The Balaban J connectivity index is 1.12. The third-order valence-electron chi connectivity index (χ3n) is 16.8. The summed E-state index contributed by atoms with van der Waals surface area (Å²) in [5.41, 5.74) is 31.8. The maximum atomic E-state index is 4.54. The fraction of sp³-hybridized carbons (Fsp3) is 0.288. The number of hydrogen-bond acceptors (Lipinski definition) is 2. The summed E-state index contributed by atoms with van der Waals surface area (Å²) in [7, 11) is 0. The minimum absolute atomic E-state index is 0.0346. The molecule has 75 heavy (non-hydrogen) atoms. The second-order valence-corrected chi connectivity index (χ2v) is 23.8. The summed E-state index contributed by atoms with van der Waals surface area (Å²) in [6.07, 6.45) is 31.9. The van der Waals surface area contributed by atoms with Gasteiger partial charge in [-0.25, -0.2) is 0 Å². The van der Waals surface area contributed by atoms with E-state index in [0.717, 1.165) is 63.5 Å². The number of fused-ring (bicyclic) bond motifs is 10. The Kier molecular flexibility index (Phi) is 13.5. The summed E-state index contributed by atoms with van der Waals surface area (Å²) in [5.74, 6) is 0.201. The Labute approximate surface area is 449 Å². The van der Waals surface area contributed by atoms with E-state index in [1.807, 2.05) is 0 Å². The van der Waals surface area contributed by atoms with E-state index in [-0.39, 0.29) is 16.7 Å². The van der Waals surface area contributed by atoms with Crippen LogP contribution in [0.5, 0.6) is 0 Å². The smallest absolute Gasteiger partial charge is 0.0503 e. The Bertz CT molecular complexity index is 3480. The second kappa shape index (κ2) is 20.2. The largest absolute Gasteiger partial charge is 0.311 e. The van der Waals surface area contributed by atoms with Gasteiger partial charge in [-0.15, -0.1) is 0 Å². The topological polar surface area (TPSA) is 6.48 Å². The van der Waals surface area contributed by atoms with Crippen LogP contribution < -0.4 is 9.80 Å². The van der Waals surface area contributed by atoms with Crippen LogP contribution in [0.25, 0.3) is 17.2 Å². The molecule has 0 radical (unpaired) electrons. The fourth-order valence-electron chi connectivity index (χ4n) is 13.4. The number of nitrogens with zero attached hydrogens (tertiary/aromatic N) is 2. The van der Waals surface area contributed by atoms with E-state index in [1.54, 1.807) is 0 Å². The normalized spacial score (nSPS) is 18.8.